The van der Waals surface area contributed by atoms with Crippen molar-refractivity contribution in [3.8, 4) is 0 Å². The Kier molecular flexibility index (Phi) is 6.34. The summed E-state index contributed by atoms with van der Waals surface area (Å²) >= 11 is 0. The summed E-state index contributed by atoms with van der Waals surface area (Å²) in [6.07, 6.45) is 3.43. The van der Waals surface area contributed by atoms with E-state index in [1.807, 2.05) is 23.3 Å². The minimum absolute atomic E-state index is 0.0930. The molecule has 0 atom stereocenters. The Bertz CT molecular complexity index is 1030. The predicted octanol–water partition coefficient (Wildman–Crippen LogP) is 1.82. The van der Waals surface area contributed by atoms with E-state index in [9.17, 15) is 13.2 Å². The Morgan fingerprint density at radius 3 is 2.48 bits per heavy atom. The molecule has 4 rings (SSSR count). The standard InChI is InChI=1S/C21H30N4O5S/c1-3-25(4-2)31(27,28)17-5-6-19-18(15-17)22-16-24(19)10-7-20(26)23-11-8-21(9-12-23)29-13-14-30-21/h5-6,15-16H,3-4,7-14H2,1-2H3. The third-order valence-electron chi connectivity index (χ3n) is 6.19. The van der Waals surface area contributed by atoms with E-state index in [1.54, 1.807) is 24.5 Å². The second-order valence-electron chi connectivity index (χ2n) is 7.92. The van der Waals surface area contributed by atoms with Gasteiger partial charge in [-0.3, -0.25) is 4.79 Å². The second kappa shape index (κ2) is 8.85. The molecule has 170 valence electrons. The van der Waals surface area contributed by atoms with Crippen molar-refractivity contribution in [2.45, 2.75) is 50.3 Å². The van der Waals surface area contributed by atoms with Crippen molar-refractivity contribution in [1.82, 2.24) is 18.8 Å². The smallest absolute Gasteiger partial charge is 0.243 e. The van der Waals surface area contributed by atoms with Crippen LogP contribution in [0.15, 0.2) is 29.4 Å². The molecule has 1 aromatic heterocycles. The van der Waals surface area contributed by atoms with Gasteiger partial charge in [0, 0.05) is 52.0 Å². The fourth-order valence-electron chi connectivity index (χ4n) is 4.35. The van der Waals surface area contributed by atoms with Crippen LogP contribution in [0.25, 0.3) is 11.0 Å². The number of likely N-dealkylation sites (tertiary alicyclic amines) is 1. The van der Waals surface area contributed by atoms with E-state index in [0.717, 1.165) is 5.52 Å². The maximum absolute atomic E-state index is 12.8. The molecule has 2 aliphatic rings. The van der Waals surface area contributed by atoms with Gasteiger partial charge in [-0.05, 0) is 18.2 Å². The van der Waals surface area contributed by atoms with Crippen LogP contribution >= 0.6 is 0 Å². The summed E-state index contributed by atoms with van der Waals surface area (Å²) in [6, 6.07) is 4.98. The fourth-order valence-corrected chi connectivity index (χ4v) is 5.83. The molecule has 0 unspecified atom stereocenters. The highest BCUT2D eigenvalue weighted by molar-refractivity contribution is 7.89. The molecule has 0 radical (unpaired) electrons. The summed E-state index contributed by atoms with van der Waals surface area (Å²) in [4.78, 5) is 19.2. The van der Waals surface area contributed by atoms with Gasteiger partial charge in [0.2, 0.25) is 15.9 Å². The summed E-state index contributed by atoms with van der Waals surface area (Å²) in [6.45, 7) is 7.49. The molecule has 2 aliphatic heterocycles. The van der Waals surface area contributed by atoms with Gasteiger partial charge in [-0.2, -0.15) is 4.31 Å². The number of benzene rings is 1. The molecule has 0 N–H and O–H groups in total. The maximum Gasteiger partial charge on any atom is 0.243 e. The van der Waals surface area contributed by atoms with Crippen LogP contribution in [-0.2, 0) is 30.8 Å². The summed E-state index contributed by atoms with van der Waals surface area (Å²) in [7, 11) is -3.53. The first-order valence-corrected chi connectivity index (χ1v) is 12.3. The van der Waals surface area contributed by atoms with Gasteiger partial charge in [0.25, 0.3) is 0 Å². The Morgan fingerprint density at radius 1 is 1.16 bits per heavy atom. The Hall–Kier alpha value is -2.01. The number of aromatic nitrogens is 2. The number of carbonyl (C=O) groups excluding carboxylic acids is 1. The number of fused-ring (bicyclic) bond motifs is 1. The number of rotatable bonds is 7. The van der Waals surface area contributed by atoms with Crippen molar-refractivity contribution >= 4 is 27.0 Å². The fraction of sp³-hybridized carbons (Fsp3) is 0.619. The van der Waals surface area contributed by atoms with Crippen molar-refractivity contribution in [2.24, 2.45) is 0 Å². The molecule has 1 spiro atoms. The maximum atomic E-state index is 12.8. The third-order valence-corrected chi connectivity index (χ3v) is 8.24. The molecule has 2 aromatic rings. The first kappa shape index (κ1) is 22.2. The normalized spacial score (nSPS) is 19.0. The van der Waals surface area contributed by atoms with E-state index < -0.39 is 15.8 Å². The number of hydrogen-bond acceptors (Lipinski definition) is 6. The zero-order valence-electron chi connectivity index (χ0n) is 18.1. The lowest BCUT2D eigenvalue weighted by Gasteiger charge is -2.37. The van der Waals surface area contributed by atoms with Crippen LogP contribution < -0.4 is 0 Å². The zero-order chi connectivity index (χ0) is 22.1. The van der Waals surface area contributed by atoms with Gasteiger partial charge in [-0.1, -0.05) is 13.8 Å². The number of aryl methyl sites for hydroxylation is 1. The van der Waals surface area contributed by atoms with Gasteiger partial charge in [-0.15, -0.1) is 0 Å². The number of ether oxygens (including phenoxy) is 2. The van der Waals surface area contributed by atoms with E-state index in [-0.39, 0.29) is 10.8 Å². The monoisotopic (exact) mass is 450 g/mol. The largest absolute Gasteiger partial charge is 0.347 e. The highest BCUT2D eigenvalue weighted by Crippen LogP contribution is 2.31. The lowest BCUT2D eigenvalue weighted by molar-refractivity contribution is -0.187. The van der Waals surface area contributed by atoms with Crippen molar-refractivity contribution in [3.63, 3.8) is 0 Å². The first-order chi connectivity index (χ1) is 14.9. The quantitative estimate of drug-likeness (QED) is 0.639. The van der Waals surface area contributed by atoms with Crippen LogP contribution in [0.1, 0.15) is 33.1 Å². The molecular formula is C21H30N4O5S. The van der Waals surface area contributed by atoms with Gasteiger partial charge >= 0.3 is 0 Å². The average Bonchev–Trinajstić information content (AvgIpc) is 3.40. The second-order valence-corrected chi connectivity index (χ2v) is 9.85. The van der Waals surface area contributed by atoms with Crippen molar-refractivity contribution in [2.75, 3.05) is 39.4 Å². The van der Waals surface area contributed by atoms with Crippen LogP contribution in [-0.4, -0.2) is 78.3 Å². The Morgan fingerprint density at radius 2 is 1.84 bits per heavy atom. The minimum Gasteiger partial charge on any atom is -0.347 e. The molecule has 1 amide bonds. The molecule has 0 saturated carbocycles. The Balaban J connectivity index is 1.40. The van der Waals surface area contributed by atoms with Gasteiger partial charge in [0.15, 0.2) is 5.79 Å². The molecular weight excluding hydrogens is 420 g/mol. The summed E-state index contributed by atoms with van der Waals surface area (Å²) < 4.78 is 40.3. The van der Waals surface area contributed by atoms with Gasteiger partial charge in [-0.25, -0.2) is 13.4 Å². The van der Waals surface area contributed by atoms with Crippen LogP contribution in [0, 0.1) is 0 Å². The minimum atomic E-state index is -3.53. The SMILES string of the molecule is CCN(CC)S(=O)(=O)c1ccc2c(c1)ncn2CCC(=O)N1CCC2(CC1)OCCO2. The van der Waals surface area contributed by atoms with Crippen molar-refractivity contribution in [1.29, 1.82) is 0 Å². The third kappa shape index (κ3) is 4.34. The lowest BCUT2D eigenvalue weighted by Crippen LogP contribution is -2.47. The zero-order valence-corrected chi connectivity index (χ0v) is 18.9. The number of piperidine rings is 1. The van der Waals surface area contributed by atoms with E-state index in [0.29, 0.717) is 70.7 Å². The Labute approximate surface area is 183 Å². The highest BCUT2D eigenvalue weighted by atomic mass is 32.2. The average molecular weight is 451 g/mol. The summed E-state index contributed by atoms with van der Waals surface area (Å²) in [5, 5.41) is 0. The first-order valence-electron chi connectivity index (χ1n) is 10.9. The summed E-state index contributed by atoms with van der Waals surface area (Å²) in [5.74, 6) is -0.393. The molecule has 0 aliphatic carbocycles. The molecule has 10 heteroatoms. The van der Waals surface area contributed by atoms with E-state index in [1.165, 1.54) is 4.31 Å². The van der Waals surface area contributed by atoms with Gasteiger partial charge in [0.1, 0.15) is 0 Å². The van der Waals surface area contributed by atoms with E-state index in [4.69, 9.17) is 9.47 Å². The molecule has 1 aromatic carbocycles. The van der Waals surface area contributed by atoms with Gasteiger partial charge < -0.3 is 18.9 Å². The highest BCUT2D eigenvalue weighted by Gasteiger charge is 2.40. The van der Waals surface area contributed by atoms with E-state index >= 15 is 0 Å². The van der Waals surface area contributed by atoms with Crippen molar-refractivity contribution in [3.05, 3.63) is 24.5 Å². The molecule has 9 nitrogen and oxygen atoms in total. The van der Waals surface area contributed by atoms with Crippen LogP contribution in [0.5, 0.6) is 0 Å². The van der Waals surface area contributed by atoms with Crippen LogP contribution in [0.3, 0.4) is 0 Å². The summed E-state index contributed by atoms with van der Waals surface area (Å²) in [5.41, 5.74) is 1.42. The van der Waals surface area contributed by atoms with E-state index in [2.05, 4.69) is 4.98 Å². The molecule has 2 fully saturated rings. The molecule has 31 heavy (non-hydrogen) atoms. The topological polar surface area (TPSA) is 94.0 Å². The number of nitrogens with zero attached hydrogens (tertiary/aromatic N) is 4. The number of sulfonamides is 1. The van der Waals surface area contributed by atoms with Crippen LogP contribution in [0.4, 0.5) is 0 Å². The number of hydrogen-bond donors (Lipinski definition) is 0. The van der Waals surface area contributed by atoms with Gasteiger partial charge in [0.05, 0.1) is 35.5 Å². The lowest BCUT2D eigenvalue weighted by atomic mass is 10.0. The van der Waals surface area contributed by atoms with Crippen molar-refractivity contribution < 1.29 is 22.7 Å². The number of amides is 1. The molecule has 3 heterocycles. The number of imidazole rings is 1. The molecule has 0 bridgehead atoms. The predicted molar refractivity (Wildman–Crippen MR) is 115 cm³/mol. The van der Waals surface area contributed by atoms with Crippen LogP contribution in [0.2, 0.25) is 0 Å². The molecule has 2 saturated heterocycles. The number of carbonyl (C=O) groups is 1.